The van der Waals surface area contributed by atoms with Crippen LogP contribution in [0.4, 0.5) is 0 Å². The number of amides is 2. The highest BCUT2D eigenvalue weighted by molar-refractivity contribution is 5.79. The summed E-state index contributed by atoms with van der Waals surface area (Å²) in [5.41, 5.74) is 2.72. The van der Waals surface area contributed by atoms with Crippen LogP contribution in [0.2, 0.25) is 0 Å². The molecular formula is C20H23N3O4. The molecule has 4 rings (SSSR count). The first kappa shape index (κ1) is 17.6. The van der Waals surface area contributed by atoms with Gasteiger partial charge in [-0.1, -0.05) is 5.16 Å². The minimum atomic E-state index is 0.00855. The second kappa shape index (κ2) is 7.06. The number of carbonyl (C=O) groups excluding carboxylic acids is 2. The maximum atomic E-state index is 12.5. The van der Waals surface area contributed by atoms with Gasteiger partial charge in [0.25, 0.3) is 0 Å². The van der Waals surface area contributed by atoms with Crippen LogP contribution < -0.4 is 4.74 Å². The topological polar surface area (TPSA) is 75.9 Å². The largest absolute Gasteiger partial charge is 0.490 e. The second-order valence-corrected chi connectivity index (χ2v) is 7.20. The van der Waals surface area contributed by atoms with E-state index in [1.807, 2.05) is 25.1 Å². The lowest BCUT2D eigenvalue weighted by atomic mass is 10.1. The monoisotopic (exact) mass is 369 g/mol. The molecule has 0 N–H and O–H groups in total. The van der Waals surface area contributed by atoms with Gasteiger partial charge < -0.3 is 19.1 Å². The third-order valence-corrected chi connectivity index (χ3v) is 5.15. The van der Waals surface area contributed by atoms with Crippen LogP contribution in [0, 0.1) is 0 Å². The van der Waals surface area contributed by atoms with E-state index < -0.39 is 0 Å². The van der Waals surface area contributed by atoms with Gasteiger partial charge in [-0.25, -0.2) is 0 Å². The van der Waals surface area contributed by atoms with Crippen molar-refractivity contribution in [1.82, 2.24) is 15.0 Å². The fourth-order valence-corrected chi connectivity index (χ4v) is 3.64. The van der Waals surface area contributed by atoms with E-state index in [-0.39, 0.29) is 24.3 Å². The molecule has 2 aromatic rings. The number of benzene rings is 1. The Morgan fingerprint density at radius 1 is 1.15 bits per heavy atom. The van der Waals surface area contributed by atoms with Crippen molar-refractivity contribution in [3.63, 3.8) is 0 Å². The number of piperazine rings is 1. The number of hydrogen-bond donors (Lipinski definition) is 0. The zero-order valence-corrected chi connectivity index (χ0v) is 15.6. The lowest BCUT2D eigenvalue weighted by Gasteiger charge is -2.34. The van der Waals surface area contributed by atoms with E-state index in [9.17, 15) is 9.59 Å². The number of hydrogen-bond acceptors (Lipinski definition) is 5. The fourth-order valence-electron chi connectivity index (χ4n) is 3.64. The van der Waals surface area contributed by atoms with Crippen molar-refractivity contribution in [2.45, 2.75) is 32.8 Å². The summed E-state index contributed by atoms with van der Waals surface area (Å²) in [4.78, 5) is 27.4. The van der Waals surface area contributed by atoms with Gasteiger partial charge in [-0.15, -0.1) is 0 Å². The summed E-state index contributed by atoms with van der Waals surface area (Å²) in [5.74, 6) is 1.64. The Morgan fingerprint density at radius 2 is 1.89 bits per heavy atom. The summed E-state index contributed by atoms with van der Waals surface area (Å²) in [6, 6.07) is 7.79. The lowest BCUT2D eigenvalue weighted by molar-refractivity contribution is -0.138. The predicted molar refractivity (Wildman–Crippen MR) is 98.3 cm³/mol. The Labute approximate surface area is 157 Å². The van der Waals surface area contributed by atoms with Crippen LogP contribution in [-0.2, 0) is 22.4 Å². The first-order valence-corrected chi connectivity index (χ1v) is 9.28. The number of carbonyl (C=O) groups is 2. The number of rotatable bonds is 3. The molecule has 7 heteroatoms. The predicted octanol–water partition coefficient (Wildman–Crippen LogP) is 1.90. The zero-order chi connectivity index (χ0) is 19.0. The first-order valence-electron chi connectivity index (χ1n) is 9.28. The van der Waals surface area contributed by atoms with Crippen molar-refractivity contribution in [1.29, 1.82) is 0 Å². The molecule has 142 valence electrons. The summed E-state index contributed by atoms with van der Waals surface area (Å²) >= 11 is 0. The molecule has 0 spiro atoms. The standard InChI is InChI=1S/C20H23N3O4/c1-13-9-16-10-15(3-4-18(16)26-13)19-11-17(21-27-19)12-20(25)23-7-5-22(6-8-23)14(2)24/h3-4,10-11,13H,5-9,12H2,1-2H3. The van der Waals surface area contributed by atoms with Gasteiger partial charge in [0.05, 0.1) is 12.1 Å². The molecule has 2 aliphatic heterocycles. The minimum absolute atomic E-state index is 0.00855. The molecule has 1 fully saturated rings. The van der Waals surface area contributed by atoms with Gasteiger partial charge in [-0.3, -0.25) is 9.59 Å². The lowest BCUT2D eigenvalue weighted by Crippen LogP contribution is -2.50. The molecule has 0 bridgehead atoms. The van der Waals surface area contributed by atoms with E-state index in [0.717, 1.165) is 23.3 Å². The second-order valence-electron chi connectivity index (χ2n) is 7.20. The Morgan fingerprint density at radius 3 is 2.63 bits per heavy atom. The van der Waals surface area contributed by atoms with Crippen LogP contribution in [0.5, 0.6) is 5.75 Å². The van der Waals surface area contributed by atoms with Crippen molar-refractivity contribution in [3.05, 3.63) is 35.5 Å². The zero-order valence-electron chi connectivity index (χ0n) is 15.6. The van der Waals surface area contributed by atoms with Crippen molar-refractivity contribution in [2.24, 2.45) is 0 Å². The molecule has 1 saturated heterocycles. The normalized spacial score (nSPS) is 19.0. The van der Waals surface area contributed by atoms with Crippen LogP contribution in [0.1, 0.15) is 25.1 Å². The highest BCUT2D eigenvalue weighted by Gasteiger charge is 2.24. The van der Waals surface area contributed by atoms with Gasteiger partial charge >= 0.3 is 0 Å². The Bertz CT molecular complexity index is 868. The van der Waals surface area contributed by atoms with Crippen molar-refractivity contribution < 1.29 is 18.8 Å². The van der Waals surface area contributed by atoms with E-state index in [4.69, 9.17) is 9.26 Å². The van der Waals surface area contributed by atoms with Gasteiger partial charge in [0.1, 0.15) is 11.9 Å². The van der Waals surface area contributed by atoms with Gasteiger partial charge in [-0.05, 0) is 30.7 Å². The molecule has 0 radical (unpaired) electrons. The summed E-state index contributed by atoms with van der Waals surface area (Å²) in [5, 5.41) is 4.06. The van der Waals surface area contributed by atoms with Crippen molar-refractivity contribution in [3.8, 4) is 17.1 Å². The Hall–Kier alpha value is -2.83. The number of nitrogens with zero attached hydrogens (tertiary/aromatic N) is 3. The number of aromatic nitrogens is 1. The molecule has 1 aromatic heterocycles. The fraction of sp³-hybridized carbons (Fsp3) is 0.450. The van der Waals surface area contributed by atoms with Gasteiger partial charge in [-0.2, -0.15) is 0 Å². The average Bonchev–Trinajstić information content (AvgIpc) is 3.26. The Balaban J connectivity index is 1.39. The van der Waals surface area contributed by atoms with Gasteiger partial charge in [0.2, 0.25) is 11.8 Å². The summed E-state index contributed by atoms with van der Waals surface area (Å²) < 4.78 is 11.2. The van der Waals surface area contributed by atoms with Crippen LogP contribution in [0.15, 0.2) is 28.8 Å². The van der Waals surface area contributed by atoms with E-state index in [1.54, 1.807) is 16.7 Å². The number of ether oxygens (including phenoxy) is 1. The highest BCUT2D eigenvalue weighted by atomic mass is 16.5. The Kier molecular flexibility index (Phi) is 4.59. The molecule has 3 heterocycles. The molecule has 1 unspecified atom stereocenters. The van der Waals surface area contributed by atoms with E-state index in [2.05, 4.69) is 11.2 Å². The van der Waals surface area contributed by atoms with Gasteiger partial charge in [0, 0.05) is 51.2 Å². The maximum Gasteiger partial charge on any atom is 0.228 e. The molecule has 7 nitrogen and oxygen atoms in total. The third-order valence-electron chi connectivity index (χ3n) is 5.15. The molecule has 1 aromatic carbocycles. The molecule has 1 atom stereocenters. The molecule has 27 heavy (non-hydrogen) atoms. The number of fused-ring (bicyclic) bond motifs is 1. The highest BCUT2D eigenvalue weighted by Crippen LogP contribution is 2.33. The van der Waals surface area contributed by atoms with Crippen LogP contribution in [0.3, 0.4) is 0 Å². The summed E-state index contributed by atoms with van der Waals surface area (Å²) in [7, 11) is 0. The molecule has 0 aliphatic carbocycles. The quantitative estimate of drug-likeness (QED) is 0.826. The minimum Gasteiger partial charge on any atom is -0.490 e. The first-order chi connectivity index (χ1) is 13.0. The van der Waals surface area contributed by atoms with Crippen LogP contribution in [0.25, 0.3) is 11.3 Å². The van der Waals surface area contributed by atoms with Crippen LogP contribution >= 0.6 is 0 Å². The van der Waals surface area contributed by atoms with E-state index >= 15 is 0 Å². The van der Waals surface area contributed by atoms with Crippen molar-refractivity contribution >= 4 is 11.8 Å². The van der Waals surface area contributed by atoms with Crippen molar-refractivity contribution in [2.75, 3.05) is 26.2 Å². The van der Waals surface area contributed by atoms with Crippen LogP contribution in [-0.4, -0.2) is 59.1 Å². The average molecular weight is 369 g/mol. The molecule has 2 amide bonds. The SMILES string of the molecule is CC(=O)N1CCN(C(=O)Cc2cc(-c3ccc4c(c3)CC(C)O4)on2)CC1. The molecule has 0 saturated carbocycles. The third kappa shape index (κ3) is 3.67. The molecule has 2 aliphatic rings. The maximum absolute atomic E-state index is 12.5. The van der Waals surface area contributed by atoms with E-state index in [1.165, 1.54) is 0 Å². The summed E-state index contributed by atoms with van der Waals surface area (Å²) in [6.45, 7) is 5.90. The van der Waals surface area contributed by atoms with Gasteiger partial charge in [0.15, 0.2) is 5.76 Å². The molecular weight excluding hydrogens is 346 g/mol. The van der Waals surface area contributed by atoms with E-state index in [0.29, 0.717) is 37.6 Å². The summed E-state index contributed by atoms with van der Waals surface area (Å²) in [6.07, 6.45) is 1.28. The smallest absolute Gasteiger partial charge is 0.228 e.